The molecule has 1 heterocycles. The van der Waals surface area contributed by atoms with Crippen LogP contribution in [0.1, 0.15) is 6.92 Å². The van der Waals surface area contributed by atoms with Gasteiger partial charge in [-0.05, 0) is 6.92 Å². The van der Waals surface area contributed by atoms with Crippen LogP contribution in [0, 0.1) is 5.82 Å². The van der Waals surface area contributed by atoms with Gasteiger partial charge in [0.25, 0.3) is 0 Å². The van der Waals surface area contributed by atoms with Crippen molar-refractivity contribution in [2.45, 2.75) is 13.0 Å². The maximum atomic E-state index is 12.6. The van der Waals surface area contributed by atoms with Crippen LogP contribution in [0.2, 0.25) is 0 Å². The minimum absolute atomic E-state index is 0.308. The molecular formula is C8H10FN3O. The van der Waals surface area contributed by atoms with E-state index in [4.69, 9.17) is 5.73 Å². The Kier molecular flexibility index (Phi) is 2.92. The van der Waals surface area contributed by atoms with Crippen molar-refractivity contribution in [3.8, 4) is 0 Å². The van der Waals surface area contributed by atoms with Crippen molar-refractivity contribution in [3.63, 3.8) is 0 Å². The number of carbonyl (C=O) groups excluding carboxylic acids is 1. The van der Waals surface area contributed by atoms with Gasteiger partial charge in [0, 0.05) is 6.07 Å². The summed E-state index contributed by atoms with van der Waals surface area (Å²) in [6.07, 6.45) is 2.41. The van der Waals surface area contributed by atoms with E-state index in [1.165, 1.54) is 12.3 Å². The third-order valence-corrected chi connectivity index (χ3v) is 1.39. The number of rotatable bonds is 2. The minimum Gasteiger partial charge on any atom is -0.323 e. The normalized spacial score (nSPS) is 12.2. The maximum Gasteiger partial charge on any atom is 0.241 e. The number of pyridine rings is 1. The summed E-state index contributed by atoms with van der Waals surface area (Å²) in [6, 6.07) is 0.552. The molecule has 0 bridgehead atoms. The summed E-state index contributed by atoms with van der Waals surface area (Å²) < 4.78 is 12.6. The number of hydrogen-bond acceptors (Lipinski definition) is 3. The van der Waals surface area contributed by atoms with Crippen molar-refractivity contribution < 1.29 is 9.18 Å². The van der Waals surface area contributed by atoms with Crippen molar-refractivity contribution in [2.75, 3.05) is 5.32 Å². The molecule has 1 amide bonds. The van der Waals surface area contributed by atoms with E-state index in [0.717, 1.165) is 6.20 Å². The van der Waals surface area contributed by atoms with Crippen molar-refractivity contribution >= 4 is 11.6 Å². The zero-order chi connectivity index (χ0) is 9.84. The SMILES string of the molecule is CC(N)C(=O)Nc1cncc(F)c1. The van der Waals surface area contributed by atoms with Gasteiger partial charge in [0.1, 0.15) is 5.82 Å². The number of carbonyl (C=O) groups is 1. The number of halogens is 1. The summed E-state index contributed by atoms with van der Waals surface area (Å²) in [5.74, 6) is -0.866. The first-order valence-corrected chi connectivity index (χ1v) is 3.76. The topological polar surface area (TPSA) is 68.0 Å². The zero-order valence-corrected chi connectivity index (χ0v) is 7.12. The molecule has 70 valence electrons. The fourth-order valence-corrected chi connectivity index (χ4v) is 0.736. The molecule has 0 saturated carbocycles. The molecule has 0 radical (unpaired) electrons. The van der Waals surface area contributed by atoms with Crippen LogP contribution in [0.15, 0.2) is 18.5 Å². The number of aromatic nitrogens is 1. The Morgan fingerprint density at radius 1 is 1.69 bits per heavy atom. The van der Waals surface area contributed by atoms with Crippen LogP contribution in [-0.4, -0.2) is 16.9 Å². The number of nitrogens with zero attached hydrogens (tertiary/aromatic N) is 1. The number of hydrogen-bond donors (Lipinski definition) is 2. The zero-order valence-electron chi connectivity index (χ0n) is 7.12. The van der Waals surface area contributed by atoms with E-state index in [-0.39, 0.29) is 5.91 Å². The van der Waals surface area contributed by atoms with Gasteiger partial charge >= 0.3 is 0 Å². The number of nitrogens with one attached hydrogen (secondary N) is 1. The lowest BCUT2D eigenvalue weighted by atomic mass is 10.3. The standard InChI is InChI=1S/C8H10FN3O/c1-5(10)8(13)12-7-2-6(9)3-11-4-7/h2-5H,10H2,1H3,(H,12,13). The quantitative estimate of drug-likeness (QED) is 0.701. The molecule has 1 unspecified atom stereocenters. The lowest BCUT2D eigenvalue weighted by molar-refractivity contribution is -0.117. The summed E-state index contributed by atoms with van der Waals surface area (Å²) >= 11 is 0. The van der Waals surface area contributed by atoms with E-state index in [1.54, 1.807) is 6.92 Å². The van der Waals surface area contributed by atoms with Crippen molar-refractivity contribution in [2.24, 2.45) is 5.73 Å². The van der Waals surface area contributed by atoms with Crippen LogP contribution in [0.5, 0.6) is 0 Å². The summed E-state index contributed by atoms with van der Waals surface area (Å²) in [7, 11) is 0. The third kappa shape index (κ3) is 2.79. The molecule has 1 atom stereocenters. The van der Waals surface area contributed by atoms with Gasteiger partial charge < -0.3 is 11.1 Å². The predicted molar refractivity (Wildman–Crippen MR) is 46.5 cm³/mol. The summed E-state index contributed by atoms with van der Waals surface area (Å²) in [5.41, 5.74) is 5.60. The Hall–Kier alpha value is -1.49. The fourth-order valence-electron chi connectivity index (χ4n) is 0.736. The molecule has 3 N–H and O–H groups in total. The Labute approximate surface area is 75.0 Å². The molecule has 0 saturated heterocycles. The number of nitrogens with two attached hydrogens (primary N) is 1. The fraction of sp³-hybridized carbons (Fsp3) is 0.250. The van der Waals surface area contributed by atoms with Crippen LogP contribution in [0.3, 0.4) is 0 Å². The lowest BCUT2D eigenvalue weighted by Crippen LogP contribution is -2.32. The second kappa shape index (κ2) is 3.95. The molecule has 0 fully saturated rings. The highest BCUT2D eigenvalue weighted by molar-refractivity contribution is 5.94. The molecule has 5 heteroatoms. The number of anilines is 1. The molecule has 4 nitrogen and oxygen atoms in total. The molecule has 0 spiro atoms. The first-order chi connectivity index (χ1) is 6.09. The van der Waals surface area contributed by atoms with Crippen LogP contribution in [-0.2, 0) is 4.79 Å². The summed E-state index contributed by atoms with van der Waals surface area (Å²) in [6.45, 7) is 1.54. The molecule has 0 aliphatic rings. The molecule has 1 aromatic rings. The highest BCUT2D eigenvalue weighted by atomic mass is 19.1. The largest absolute Gasteiger partial charge is 0.323 e. The van der Waals surface area contributed by atoms with Gasteiger partial charge in [-0.25, -0.2) is 4.39 Å². The van der Waals surface area contributed by atoms with Gasteiger partial charge in [0.2, 0.25) is 5.91 Å². The van der Waals surface area contributed by atoms with Crippen molar-refractivity contribution in [3.05, 3.63) is 24.3 Å². The maximum absolute atomic E-state index is 12.6. The lowest BCUT2D eigenvalue weighted by Gasteiger charge is -2.06. The van der Waals surface area contributed by atoms with Gasteiger partial charge in [0.05, 0.1) is 24.1 Å². The Morgan fingerprint density at radius 2 is 2.38 bits per heavy atom. The second-order valence-corrected chi connectivity index (χ2v) is 2.67. The Balaban J connectivity index is 2.69. The van der Waals surface area contributed by atoms with Crippen LogP contribution >= 0.6 is 0 Å². The van der Waals surface area contributed by atoms with Crippen molar-refractivity contribution in [1.82, 2.24) is 4.98 Å². The molecule has 0 aromatic carbocycles. The van der Waals surface area contributed by atoms with Crippen molar-refractivity contribution in [1.29, 1.82) is 0 Å². The van der Waals surface area contributed by atoms with E-state index in [9.17, 15) is 9.18 Å². The highest BCUT2D eigenvalue weighted by Gasteiger charge is 2.07. The molecule has 0 aliphatic heterocycles. The number of amides is 1. The van der Waals surface area contributed by atoms with Gasteiger partial charge in [-0.3, -0.25) is 9.78 Å². The van der Waals surface area contributed by atoms with Gasteiger partial charge in [0.15, 0.2) is 0 Å². The second-order valence-electron chi connectivity index (χ2n) is 2.67. The minimum atomic E-state index is -0.622. The monoisotopic (exact) mass is 183 g/mol. The highest BCUT2D eigenvalue weighted by Crippen LogP contribution is 2.06. The Morgan fingerprint density at radius 3 is 2.92 bits per heavy atom. The molecular weight excluding hydrogens is 173 g/mol. The Bertz CT molecular complexity index is 314. The van der Waals surface area contributed by atoms with E-state index in [2.05, 4.69) is 10.3 Å². The van der Waals surface area contributed by atoms with E-state index in [1.807, 2.05) is 0 Å². The molecule has 1 rings (SSSR count). The molecule has 1 aromatic heterocycles. The van der Waals surface area contributed by atoms with Crippen LogP contribution in [0.25, 0.3) is 0 Å². The van der Waals surface area contributed by atoms with Crippen LogP contribution in [0.4, 0.5) is 10.1 Å². The van der Waals surface area contributed by atoms with E-state index < -0.39 is 11.9 Å². The third-order valence-electron chi connectivity index (χ3n) is 1.39. The van der Waals surface area contributed by atoms with Gasteiger partial charge in [-0.15, -0.1) is 0 Å². The first kappa shape index (κ1) is 9.60. The molecule has 13 heavy (non-hydrogen) atoms. The van der Waals surface area contributed by atoms with Crippen LogP contribution < -0.4 is 11.1 Å². The van der Waals surface area contributed by atoms with E-state index >= 15 is 0 Å². The summed E-state index contributed by atoms with van der Waals surface area (Å²) in [5, 5.41) is 2.42. The molecule has 0 aliphatic carbocycles. The smallest absolute Gasteiger partial charge is 0.241 e. The summed E-state index contributed by atoms with van der Waals surface area (Å²) in [4.78, 5) is 14.6. The first-order valence-electron chi connectivity index (χ1n) is 3.76. The average molecular weight is 183 g/mol. The average Bonchev–Trinajstić information content (AvgIpc) is 2.04. The van der Waals surface area contributed by atoms with Gasteiger partial charge in [-0.2, -0.15) is 0 Å². The predicted octanol–water partition coefficient (Wildman–Crippen LogP) is 0.506. The van der Waals surface area contributed by atoms with E-state index in [0.29, 0.717) is 5.69 Å². The van der Waals surface area contributed by atoms with Gasteiger partial charge in [-0.1, -0.05) is 0 Å².